The molecule has 0 amide bonds. The molecule has 4 N–H and O–H groups in total. The number of aliphatic hydroxyl groups is 3. The summed E-state index contributed by atoms with van der Waals surface area (Å²) in [5, 5.41) is 30.8. The van der Waals surface area contributed by atoms with Gasteiger partial charge in [-0.3, -0.25) is 9.35 Å². The number of hydrogen-bond acceptors (Lipinski definition) is 11. The third-order valence-electron chi connectivity index (χ3n) is 12.2. The van der Waals surface area contributed by atoms with Gasteiger partial charge in [0.25, 0.3) is 0 Å². The van der Waals surface area contributed by atoms with E-state index in [-0.39, 0.29) is 19.6 Å². The number of aliphatic hydroxyl groups excluding tert-OH is 3. The van der Waals surface area contributed by atoms with Crippen LogP contribution < -0.4 is 0 Å². The summed E-state index contributed by atoms with van der Waals surface area (Å²) in [6.45, 7) is 3.89. The van der Waals surface area contributed by atoms with E-state index < -0.39 is 59.8 Å². The van der Waals surface area contributed by atoms with Crippen molar-refractivity contribution in [2.24, 2.45) is 0 Å². The first kappa shape index (κ1) is 63.8. The molecule has 6 unspecified atom stereocenters. The number of ether oxygens (including phenoxy) is 4. The minimum atomic E-state index is -5.07. The van der Waals surface area contributed by atoms with Gasteiger partial charge in [-0.15, -0.1) is 0 Å². The van der Waals surface area contributed by atoms with Gasteiger partial charge in [0.05, 0.1) is 19.8 Å². The SMILES string of the molecule is CC/C=C\C/C=C\C/C=C\C/C=C\C/C=C\CCCCCCCCCC(=O)OC(COCCCCCCCCCCCCCCCCCCCC)COC1OC(CO)C(O)C(OS(=O)(=O)O)C1O. The molecule has 0 bridgehead atoms. The fraction of sp³-hybridized carbons (Fsp3) is 0.800. The predicted octanol–water partition coefficient (Wildman–Crippen LogP) is 12.9. The highest BCUT2D eigenvalue weighted by Crippen LogP contribution is 2.26. The van der Waals surface area contributed by atoms with Gasteiger partial charge >= 0.3 is 16.4 Å². The van der Waals surface area contributed by atoms with Crippen molar-refractivity contribution in [2.45, 2.75) is 256 Å². The quantitative estimate of drug-likeness (QED) is 0.0197. The first-order valence-corrected chi connectivity index (χ1v) is 28.4. The number of carbonyl (C=O) groups is 1. The van der Waals surface area contributed by atoms with Crippen molar-refractivity contribution in [3.63, 3.8) is 0 Å². The highest BCUT2D eigenvalue weighted by molar-refractivity contribution is 7.80. The number of allylic oxidation sites excluding steroid dienone is 10. The number of esters is 1. The van der Waals surface area contributed by atoms with Crippen LogP contribution >= 0.6 is 0 Å². The Morgan fingerprint density at radius 1 is 0.574 bits per heavy atom. The second-order valence-electron chi connectivity index (χ2n) is 18.4. The van der Waals surface area contributed by atoms with Crippen molar-refractivity contribution in [3.05, 3.63) is 60.8 Å². The molecule has 12 nitrogen and oxygen atoms in total. The first-order valence-electron chi connectivity index (χ1n) is 27.0. The van der Waals surface area contributed by atoms with Gasteiger partial charge in [-0.25, -0.2) is 4.18 Å². The second-order valence-corrected chi connectivity index (χ2v) is 19.5. The third kappa shape index (κ3) is 38.5. The Kier molecular flexibility index (Phi) is 43.1. The van der Waals surface area contributed by atoms with E-state index in [0.29, 0.717) is 13.0 Å². The molecule has 0 saturated carbocycles. The van der Waals surface area contributed by atoms with E-state index >= 15 is 0 Å². The zero-order chi connectivity index (χ0) is 49.6. The summed E-state index contributed by atoms with van der Waals surface area (Å²) in [5.74, 6) is -0.409. The van der Waals surface area contributed by atoms with E-state index in [2.05, 4.69) is 78.8 Å². The number of carbonyl (C=O) groups excluding carboxylic acids is 1. The van der Waals surface area contributed by atoms with Crippen LogP contribution in [0.1, 0.15) is 219 Å². The van der Waals surface area contributed by atoms with Crippen molar-refractivity contribution >= 4 is 16.4 Å². The van der Waals surface area contributed by atoms with Crippen LogP contribution in [0.5, 0.6) is 0 Å². The van der Waals surface area contributed by atoms with E-state index in [9.17, 15) is 33.1 Å². The molecule has 6 atom stereocenters. The molecule has 13 heteroatoms. The number of unbranched alkanes of at least 4 members (excludes halogenated alkanes) is 24. The Morgan fingerprint density at radius 2 is 1.01 bits per heavy atom. The van der Waals surface area contributed by atoms with Gasteiger partial charge < -0.3 is 34.3 Å². The van der Waals surface area contributed by atoms with Gasteiger partial charge in [-0.2, -0.15) is 8.42 Å². The molecular weight excluding hydrogens is 885 g/mol. The third-order valence-corrected chi connectivity index (χ3v) is 12.6. The summed E-state index contributed by atoms with van der Waals surface area (Å²) in [5.41, 5.74) is 0. The van der Waals surface area contributed by atoms with Gasteiger partial charge in [0, 0.05) is 13.0 Å². The van der Waals surface area contributed by atoms with Crippen molar-refractivity contribution in [1.29, 1.82) is 0 Å². The fourth-order valence-corrected chi connectivity index (χ4v) is 8.62. The van der Waals surface area contributed by atoms with Crippen molar-refractivity contribution in [3.8, 4) is 0 Å². The lowest BCUT2D eigenvalue weighted by atomic mass is 9.99. The van der Waals surface area contributed by atoms with Crippen molar-refractivity contribution < 1.29 is 56.2 Å². The van der Waals surface area contributed by atoms with E-state index in [4.69, 9.17) is 18.9 Å². The van der Waals surface area contributed by atoms with Gasteiger partial charge in [0.1, 0.15) is 30.5 Å². The summed E-state index contributed by atoms with van der Waals surface area (Å²) in [6.07, 6.45) is 49.6. The predicted molar refractivity (Wildman–Crippen MR) is 276 cm³/mol. The lowest BCUT2D eigenvalue weighted by Gasteiger charge is -2.41. The zero-order valence-corrected chi connectivity index (χ0v) is 43.5. The molecule has 0 spiro atoms. The van der Waals surface area contributed by atoms with Gasteiger partial charge in [-0.05, 0) is 57.8 Å². The topological polar surface area (TPSA) is 178 Å². The summed E-state index contributed by atoms with van der Waals surface area (Å²) >= 11 is 0. The number of hydrogen-bond donors (Lipinski definition) is 4. The van der Waals surface area contributed by atoms with Crippen LogP contribution in [-0.4, -0.2) is 97.5 Å². The molecule has 68 heavy (non-hydrogen) atoms. The Morgan fingerprint density at radius 3 is 1.49 bits per heavy atom. The molecular formula is C55H98O12S. The maximum absolute atomic E-state index is 12.9. The van der Waals surface area contributed by atoms with Crippen LogP contribution in [-0.2, 0) is 38.3 Å². The van der Waals surface area contributed by atoms with E-state index in [0.717, 1.165) is 83.5 Å². The molecule has 0 aromatic carbocycles. The normalized spacial score (nSPS) is 19.8. The second kappa shape index (κ2) is 45.9. The average Bonchev–Trinajstić information content (AvgIpc) is 3.31. The minimum Gasteiger partial charge on any atom is -0.457 e. The van der Waals surface area contributed by atoms with Crippen molar-refractivity contribution in [2.75, 3.05) is 26.4 Å². The maximum Gasteiger partial charge on any atom is 0.397 e. The first-order chi connectivity index (χ1) is 33.1. The highest BCUT2D eigenvalue weighted by Gasteiger charge is 2.48. The molecule has 1 aliphatic rings. The molecule has 0 radical (unpaired) electrons. The molecule has 1 fully saturated rings. The molecule has 0 aromatic rings. The summed E-state index contributed by atoms with van der Waals surface area (Å²) in [6, 6.07) is 0. The van der Waals surface area contributed by atoms with Gasteiger partial charge in [0.15, 0.2) is 6.29 Å². The molecule has 1 saturated heterocycles. The van der Waals surface area contributed by atoms with E-state index in [1.54, 1.807) is 0 Å². The molecule has 1 aliphatic heterocycles. The summed E-state index contributed by atoms with van der Waals surface area (Å²) in [7, 11) is -5.07. The molecule has 1 heterocycles. The maximum atomic E-state index is 12.9. The highest BCUT2D eigenvalue weighted by atomic mass is 32.3. The van der Waals surface area contributed by atoms with Crippen LogP contribution in [0.2, 0.25) is 0 Å². The van der Waals surface area contributed by atoms with Crippen LogP contribution in [0.3, 0.4) is 0 Å². The number of rotatable bonds is 47. The van der Waals surface area contributed by atoms with Crippen LogP contribution in [0.4, 0.5) is 0 Å². The van der Waals surface area contributed by atoms with Crippen LogP contribution in [0, 0.1) is 0 Å². The minimum absolute atomic E-state index is 0.0319. The monoisotopic (exact) mass is 983 g/mol. The Labute approximate surface area is 414 Å². The van der Waals surface area contributed by atoms with Gasteiger partial charge in [0.2, 0.25) is 0 Å². The summed E-state index contributed by atoms with van der Waals surface area (Å²) < 4.78 is 59.3. The largest absolute Gasteiger partial charge is 0.457 e. The van der Waals surface area contributed by atoms with Crippen molar-refractivity contribution in [1.82, 2.24) is 0 Å². The van der Waals surface area contributed by atoms with Crippen LogP contribution in [0.15, 0.2) is 60.8 Å². The zero-order valence-electron chi connectivity index (χ0n) is 42.7. The van der Waals surface area contributed by atoms with Gasteiger partial charge in [-0.1, -0.05) is 216 Å². The lowest BCUT2D eigenvalue weighted by molar-refractivity contribution is -0.301. The Balaban J connectivity index is 2.34. The molecule has 1 rings (SSSR count). The molecule has 396 valence electrons. The van der Waals surface area contributed by atoms with E-state index in [1.165, 1.54) is 109 Å². The summed E-state index contributed by atoms with van der Waals surface area (Å²) in [4.78, 5) is 12.9. The fourth-order valence-electron chi connectivity index (χ4n) is 8.11. The standard InChI is InChI=1S/C55H98O12S/c1-3-5-7-9-11-13-15-17-19-21-23-24-25-26-27-28-30-32-34-36-38-40-42-44-51(57)65-49(48-64-55-53(59)54(67-68(60,61)62)52(58)50(46-56)66-55)47-63-45-43-41-39-37-35-33-31-29-22-20-18-16-14-12-10-8-6-4-2/h5,7,11,13,17,19,23-24,26-27,49-50,52-56,58-59H,3-4,6,8-10,12,14-16,18,20-22,25,28-48H2,1-2H3,(H,60,61,62)/b7-5-,13-11-,19-17-,24-23-,27-26-. The average molecular weight is 983 g/mol. The Hall–Kier alpha value is -2.20. The lowest BCUT2D eigenvalue weighted by Crippen LogP contribution is -2.60. The molecule has 0 aliphatic carbocycles. The molecule has 0 aromatic heterocycles. The Bertz CT molecular complexity index is 1410. The van der Waals surface area contributed by atoms with E-state index in [1.807, 2.05) is 0 Å². The van der Waals surface area contributed by atoms with Crippen LogP contribution in [0.25, 0.3) is 0 Å². The smallest absolute Gasteiger partial charge is 0.397 e.